The van der Waals surface area contributed by atoms with Gasteiger partial charge in [-0.05, 0) is 37.4 Å². The Balaban J connectivity index is 2.72. The van der Waals surface area contributed by atoms with E-state index in [4.69, 9.17) is 10.8 Å². The molecule has 1 aromatic carbocycles. The van der Waals surface area contributed by atoms with Crippen molar-refractivity contribution in [1.82, 2.24) is 0 Å². The quantitative estimate of drug-likeness (QED) is 0.731. The second kappa shape index (κ2) is 4.91. The molecule has 0 unspecified atom stereocenters. The van der Waals surface area contributed by atoms with Gasteiger partial charge in [-0.25, -0.2) is 8.78 Å². The van der Waals surface area contributed by atoms with Crippen LogP contribution in [0.1, 0.15) is 18.4 Å². The molecular weight excluding hydrogens is 188 g/mol. The highest BCUT2D eigenvalue weighted by molar-refractivity contribution is 5.29. The van der Waals surface area contributed by atoms with Crippen LogP contribution in [0.2, 0.25) is 0 Å². The van der Waals surface area contributed by atoms with Crippen LogP contribution in [0.25, 0.3) is 0 Å². The van der Waals surface area contributed by atoms with Gasteiger partial charge in [0.2, 0.25) is 0 Å². The van der Waals surface area contributed by atoms with Gasteiger partial charge in [0, 0.05) is 6.07 Å². The van der Waals surface area contributed by atoms with Crippen LogP contribution in [0.5, 0.6) is 5.75 Å². The van der Waals surface area contributed by atoms with E-state index in [0.29, 0.717) is 13.0 Å². The molecule has 14 heavy (non-hydrogen) atoms. The number of nitrogens with two attached hydrogens (primary N) is 1. The molecule has 1 aromatic rings. The Morgan fingerprint density at radius 2 is 1.86 bits per heavy atom. The normalized spacial score (nSPS) is 10.5. The lowest BCUT2D eigenvalue weighted by Crippen LogP contribution is -2.00. The van der Waals surface area contributed by atoms with Crippen molar-refractivity contribution < 1.29 is 13.9 Å². The van der Waals surface area contributed by atoms with Gasteiger partial charge in [0.1, 0.15) is 5.82 Å². The van der Waals surface area contributed by atoms with E-state index in [9.17, 15) is 8.78 Å². The summed E-state index contributed by atoms with van der Waals surface area (Å²) >= 11 is 0. The minimum atomic E-state index is -0.783. The Kier molecular flexibility index (Phi) is 3.83. The fourth-order valence-electron chi connectivity index (χ4n) is 1.23. The molecule has 0 atom stereocenters. The van der Waals surface area contributed by atoms with Gasteiger partial charge < -0.3 is 10.8 Å². The SMILES string of the molecule is NCCCCc1cc(F)c(O)cc1F. The van der Waals surface area contributed by atoms with E-state index in [1.165, 1.54) is 0 Å². The van der Waals surface area contributed by atoms with Crippen molar-refractivity contribution >= 4 is 0 Å². The van der Waals surface area contributed by atoms with Crippen LogP contribution in [0, 0.1) is 11.6 Å². The maximum atomic E-state index is 13.1. The summed E-state index contributed by atoms with van der Waals surface area (Å²) in [6.45, 7) is 0.544. The molecule has 0 aliphatic heterocycles. The van der Waals surface area contributed by atoms with Gasteiger partial charge in [0.05, 0.1) is 0 Å². The van der Waals surface area contributed by atoms with Crippen molar-refractivity contribution in [1.29, 1.82) is 0 Å². The first-order valence-electron chi connectivity index (χ1n) is 4.52. The lowest BCUT2D eigenvalue weighted by molar-refractivity contribution is 0.424. The highest BCUT2D eigenvalue weighted by Crippen LogP contribution is 2.21. The van der Waals surface area contributed by atoms with Crippen molar-refractivity contribution in [2.24, 2.45) is 5.73 Å². The van der Waals surface area contributed by atoms with Gasteiger partial charge in [0.25, 0.3) is 0 Å². The van der Waals surface area contributed by atoms with E-state index in [-0.39, 0.29) is 5.56 Å². The maximum absolute atomic E-state index is 13.1. The number of rotatable bonds is 4. The molecule has 0 saturated carbocycles. The van der Waals surface area contributed by atoms with Crippen LogP contribution in [0.4, 0.5) is 8.78 Å². The minimum absolute atomic E-state index is 0.286. The predicted octanol–water partition coefficient (Wildman–Crippen LogP) is 1.95. The summed E-state index contributed by atoms with van der Waals surface area (Å²) in [7, 11) is 0. The molecular formula is C10H13F2NO. The van der Waals surface area contributed by atoms with Crippen LogP contribution < -0.4 is 5.73 Å². The van der Waals surface area contributed by atoms with E-state index in [0.717, 1.165) is 25.0 Å². The largest absolute Gasteiger partial charge is 0.505 e. The smallest absolute Gasteiger partial charge is 0.165 e. The monoisotopic (exact) mass is 201 g/mol. The molecule has 2 nitrogen and oxygen atoms in total. The maximum Gasteiger partial charge on any atom is 0.165 e. The van der Waals surface area contributed by atoms with Crippen LogP contribution >= 0.6 is 0 Å². The molecule has 0 saturated heterocycles. The highest BCUT2D eigenvalue weighted by atomic mass is 19.1. The first-order chi connectivity index (χ1) is 6.65. The number of hydrogen-bond donors (Lipinski definition) is 2. The van der Waals surface area contributed by atoms with Crippen molar-refractivity contribution in [2.75, 3.05) is 6.54 Å². The summed E-state index contributed by atoms with van der Waals surface area (Å²) < 4.78 is 25.9. The second-order valence-electron chi connectivity index (χ2n) is 3.14. The molecule has 3 N–H and O–H groups in total. The number of phenols is 1. The molecule has 0 aliphatic rings. The highest BCUT2D eigenvalue weighted by Gasteiger charge is 2.08. The fourth-order valence-corrected chi connectivity index (χ4v) is 1.23. The Labute approximate surface area is 81.4 Å². The molecule has 0 bridgehead atoms. The zero-order valence-electron chi connectivity index (χ0n) is 7.76. The number of benzene rings is 1. The summed E-state index contributed by atoms with van der Waals surface area (Å²) in [5, 5.41) is 8.86. The van der Waals surface area contributed by atoms with Gasteiger partial charge in [-0.15, -0.1) is 0 Å². The van der Waals surface area contributed by atoms with Crippen LogP contribution in [0.15, 0.2) is 12.1 Å². The number of halogens is 2. The molecule has 0 amide bonds. The Bertz CT molecular complexity index is 315. The minimum Gasteiger partial charge on any atom is -0.505 e. The van der Waals surface area contributed by atoms with Gasteiger partial charge >= 0.3 is 0 Å². The average molecular weight is 201 g/mol. The summed E-state index contributed by atoms with van der Waals surface area (Å²) in [5.74, 6) is -2.00. The van der Waals surface area contributed by atoms with Crippen molar-refractivity contribution in [2.45, 2.75) is 19.3 Å². The molecule has 4 heteroatoms. The molecule has 0 spiro atoms. The number of unbranched alkanes of at least 4 members (excludes halogenated alkanes) is 1. The van der Waals surface area contributed by atoms with E-state index in [2.05, 4.69) is 0 Å². The first kappa shape index (κ1) is 10.9. The topological polar surface area (TPSA) is 46.2 Å². The fraction of sp³-hybridized carbons (Fsp3) is 0.400. The molecule has 0 aliphatic carbocycles. The summed E-state index contributed by atoms with van der Waals surface area (Å²) in [4.78, 5) is 0. The van der Waals surface area contributed by atoms with Crippen LogP contribution in [-0.4, -0.2) is 11.7 Å². The summed E-state index contributed by atoms with van der Waals surface area (Å²) in [5.41, 5.74) is 5.56. The van der Waals surface area contributed by atoms with Crippen molar-refractivity contribution in [3.05, 3.63) is 29.3 Å². The summed E-state index contributed by atoms with van der Waals surface area (Å²) in [6, 6.07) is 1.83. The number of aryl methyl sites for hydroxylation is 1. The van der Waals surface area contributed by atoms with Crippen LogP contribution in [0.3, 0.4) is 0 Å². The summed E-state index contributed by atoms with van der Waals surface area (Å²) in [6.07, 6.45) is 1.94. The standard InChI is InChI=1S/C10H13F2NO/c11-8-6-10(14)9(12)5-7(8)3-1-2-4-13/h5-6,14H,1-4,13H2. The third kappa shape index (κ3) is 2.67. The Morgan fingerprint density at radius 1 is 1.14 bits per heavy atom. The Morgan fingerprint density at radius 3 is 2.50 bits per heavy atom. The van der Waals surface area contributed by atoms with Crippen molar-refractivity contribution in [3.8, 4) is 5.75 Å². The van der Waals surface area contributed by atoms with E-state index in [1.54, 1.807) is 0 Å². The third-order valence-corrected chi connectivity index (χ3v) is 2.02. The van der Waals surface area contributed by atoms with Crippen LogP contribution in [-0.2, 0) is 6.42 Å². The first-order valence-corrected chi connectivity index (χ1v) is 4.52. The third-order valence-electron chi connectivity index (χ3n) is 2.02. The van der Waals surface area contributed by atoms with E-state index in [1.807, 2.05) is 0 Å². The zero-order valence-corrected chi connectivity index (χ0v) is 7.76. The lowest BCUT2D eigenvalue weighted by Gasteiger charge is -2.04. The number of hydrogen-bond acceptors (Lipinski definition) is 2. The van der Waals surface area contributed by atoms with Gasteiger partial charge in [0.15, 0.2) is 11.6 Å². The predicted molar refractivity (Wildman–Crippen MR) is 50.0 cm³/mol. The number of phenolic OH excluding ortho intramolecular Hbond substituents is 1. The van der Waals surface area contributed by atoms with Crippen molar-refractivity contribution in [3.63, 3.8) is 0 Å². The van der Waals surface area contributed by atoms with Gasteiger partial charge in [-0.1, -0.05) is 0 Å². The van der Waals surface area contributed by atoms with E-state index < -0.39 is 17.4 Å². The molecule has 0 aromatic heterocycles. The molecule has 1 rings (SSSR count). The molecule has 78 valence electrons. The van der Waals surface area contributed by atoms with Gasteiger partial charge in [-0.3, -0.25) is 0 Å². The molecule has 0 fully saturated rings. The second-order valence-corrected chi connectivity index (χ2v) is 3.14. The average Bonchev–Trinajstić information content (AvgIpc) is 2.14. The Hall–Kier alpha value is -1.16. The zero-order chi connectivity index (χ0) is 10.6. The lowest BCUT2D eigenvalue weighted by atomic mass is 10.1. The van der Waals surface area contributed by atoms with E-state index >= 15 is 0 Å². The molecule has 0 heterocycles. The van der Waals surface area contributed by atoms with Gasteiger partial charge in [-0.2, -0.15) is 0 Å². The molecule has 0 radical (unpaired) electrons. The number of aromatic hydroxyl groups is 1.